The molecule has 1 aliphatic heterocycles. The van der Waals surface area contributed by atoms with Crippen molar-refractivity contribution in [1.82, 2.24) is 0 Å². The van der Waals surface area contributed by atoms with Gasteiger partial charge in [0.1, 0.15) is 0 Å². The second-order valence-corrected chi connectivity index (χ2v) is 10.8. The molecule has 5 rings (SSSR count). The van der Waals surface area contributed by atoms with Gasteiger partial charge in [0.25, 0.3) is 0 Å². The first-order chi connectivity index (χ1) is 11.9. The van der Waals surface area contributed by atoms with Crippen LogP contribution in [0.2, 0.25) is 0 Å². The number of allylic oxidation sites excluding steroid dienone is 4. The molecule has 0 aromatic heterocycles. The Labute approximate surface area is 160 Å². The fourth-order valence-electron chi connectivity index (χ4n) is 7.27. The first-order valence-electron chi connectivity index (χ1n) is 10.2. The fraction of sp³-hybridized carbons (Fsp3) is 0.818. The minimum Gasteiger partial charge on any atom is -0.346 e. The van der Waals surface area contributed by atoms with Crippen molar-refractivity contribution in [3.63, 3.8) is 0 Å². The van der Waals surface area contributed by atoms with Gasteiger partial charge >= 0.3 is 0 Å². The molecule has 3 fully saturated rings. The minimum atomic E-state index is -0.384. The second kappa shape index (κ2) is 5.45. The summed E-state index contributed by atoms with van der Waals surface area (Å²) in [5.41, 5.74) is 2.14. The number of hydrogen-bond donors (Lipinski definition) is 0. The van der Waals surface area contributed by atoms with E-state index in [1.807, 2.05) is 0 Å². The van der Waals surface area contributed by atoms with Gasteiger partial charge in [-0.2, -0.15) is 0 Å². The van der Waals surface area contributed by atoms with Crippen molar-refractivity contribution in [1.29, 1.82) is 0 Å². The Morgan fingerprint density at radius 1 is 1.16 bits per heavy atom. The molecule has 4 aliphatic carbocycles. The summed E-state index contributed by atoms with van der Waals surface area (Å²) >= 11 is 3.98. The molecule has 5 aliphatic rings. The number of fused-ring (bicyclic) bond motifs is 6. The van der Waals surface area contributed by atoms with Crippen molar-refractivity contribution in [2.24, 2.45) is 34.5 Å². The van der Waals surface area contributed by atoms with E-state index in [1.165, 1.54) is 32.1 Å². The summed E-state index contributed by atoms with van der Waals surface area (Å²) in [4.78, 5) is 0.330. The highest BCUT2D eigenvalue weighted by Crippen LogP contribution is 2.69. The maximum atomic E-state index is 6.31. The monoisotopic (exact) mass is 406 g/mol. The van der Waals surface area contributed by atoms with E-state index in [-0.39, 0.29) is 16.6 Å². The Morgan fingerprint density at radius 2 is 1.92 bits per heavy atom. The molecule has 0 aromatic carbocycles. The molecule has 0 radical (unpaired) electrons. The molecular formula is C22H31BrO2. The van der Waals surface area contributed by atoms with Gasteiger partial charge in [-0.3, -0.25) is 0 Å². The standard InChI is InChI=1S/C22H31BrO2/c1-14-6-8-20(2)15(12-14)4-5-16-17(20)7-9-21(3)18(16)13-19(23)22(21)24-10-11-25-22/h4,6,8,14,16-19H,5,7,9-13H2,1-3H3/t14?,16?,17?,18?,19?,20-,21-/m0/s1. The van der Waals surface area contributed by atoms with E-state index in [4.69, 9.17) is 9.47 Å². The van der Waals surface area contributed by atoms with E-state index in [0.717, 1.165) is 25.0 Å². The highest BCUT2D eigenvalue weighted by molar-refractivity contribution is 9.09. The first kappa shape index (κ1) is 17.0. The van der Waals surface area contributed by atoms with E-state index < -0.39 is 0 Å². The lowest BCUT2D eigenvalue weighted by Gasteiger charge is -2.57. The summed E-state index contributed by atoms with van der Waals surface area (Å²) in [6, 6.07) is 0. The zero-order chi connectivity index (χ0) is 17.4. The van der Waals surface area contributed by atoms with Crippen molar-refractivity contribution in [3.05, 3.63) is 23.8 Å². The van der Waals surface area contributed by atoms with Crippen LogP contribution in [0, 0.1) is 34.5 Å². The third-order valence-electron chi connectivity index (χ3n) is 8.62. The van der Waals surface area contributed by atoms with E-state index in [0.29, 0.717) is 16.7 Å². The highest BCUT2D eigenvalue weighted by atomic mass is 79.9. The van der Waals surface area contributed by atoms with Crippen molar-refractivity contribution < 1.29 is 9.47 Å². The number of alkyl halides is 1. The molecule has 1 spiro atoms. The van der Waals surface area contributed by atoms with Crippen LogP contribution in [0.15, 0.2) is 23.8 Å². The van der Waals surface area contributed by atoms with Crippen LogP contribution in [-0.2, 0) is 9.47 Å². The van der Waals surface area contributed by atoms with Gasteiger partial charge in [-0.25, -0.2) is 0 Å². The average molecular weight is 407 g/mol. The Morgan fingerprint density at radius 3 is 2.68 bits per heavy atom. The fourth-order valence-corrected chi connectivity index (χ4v) is 8.46. The highest BCUT2D eigenvalue weighted by Gasteiger charge is 2.69. The Hall–Kier alpha value is -0.120. The molecule has 138 valence electrons. The van der Waals surface area contributed by atoms with Crippen LogP contribution in [-0.4, -0.2) is 23.8 Å². The zero-order valence-electron chi connectivity index (χ0n) is 15.8. The summed E-state index contributed by atoms with van der Waals surface area (Å²) < 4.78 is 12.6. The van der Waals surface area contributed by atoms with Crippen LogP contribution < -0.4 is 0 Å². The minimum absolute atomic E-state index is 0.145. The molecule has 0 N–H and O–H groups in total. The van der Waals surface area contributed by atoms with Gasteiger partial charge in [-0.15, -0.1) is 0 Å². The SMILES string of the molecule is CC1C=C[C@@]2(C)C(=CCC3C2CC[C@@]2(C)C3CC(Br)C23OCCO3)C1. The summed E-state index contributed by atoms with van der Waals surface area (Å²) in [5, 5.41) is 0. The molecule has 0 bridgehead atoms. The van der Waals surface area contributed by atoms with Crippen LogP contribution in [0.3, 0.4) is 0 Å². The van der Waals surface area contributed by atoms with E-state index >= 15 is 0 Å². The topological polar surface area (TPSA) is 18.5 Å². The van der Waals surface area contributed by atoms with Crippen LogP contribution in [0.5, 0.6) is 0 Å². The molecule has 7 atom stereocenters. The van der Waals surface area contributed by atoms with Crippen LogP contribution >= 0.6 is 15.9 Å². The van der Waals surface area contributed by atoms with Gasteiger partial charge in [0.15, 0.2) is 5.79 Å². The lowest BCUT2D eigenvalue weighted by molar-refractivity contribution is -0.237. The van der Waals surface area contributed by atoms with Crippen LogP contribution in [0.4, 0.5) is 0 Å². The van der Waals surface area contributed by atoms with Crippen molar-refractivity contribution in [2.75, 3.05) is 13.2 Å². The molecule has 25 heavy (non-hydrogen) atoms. The number of rotatable bonds is 0. The summed E-state index contributed by atoms with van der Waals surface area (Å²) in [6.45, 7) is 8.83. The van der Waals surface area contributed by atoms with Gasteiger partial charge in [0.2, 0.25) is 0 Å². The lowest BCUT2D eigenvalue weighted by atomic mass is 9.48. The summed E-state index contributed by atoms with van der Waals surface area (Å²) in [6.07, 6.45) is 13.9. The molecular weight excluding hydrogens is 376 g/mol. The second-order valence-electron chi connectivity index (χ2n) is 9.69. The molecule has 3 heteroatoms. The van der Waals surface area contributed by atoms with Gasteiger partial charge in [0.05, 0.1) is 18.0 Å². The molecule has 1 saturated heterocycles. The molecule has 0 aromatic rings. The smallest absolute Gasteiger partial charge is 0.186 e. The van der Waals surface area contributed by atoms with E-state index in [9.17, 15) is 0 Å². The molecule has 2 saturated carbocycles. The predicted octanol–water partition coefficient (Wildman–Crippen LogP) is 5.48. The molecule has 1 heterocycles. The Kier molecular flexibility index (Phi) is 3.71. The van der Waals surface area contributed by atoms with Gasteiger partial charge in [0, 0.05) is 10.8 Å². The Balaban J connectivity index is 1.53. The van der Waals surface area contributed by atoms with Crippen molar-refractivity contribution >= 4 is 15.9 Å². The average Bonchev–Trinajstić information content (AvgIpc) is 3.16. The maximum Gasteiger partial charge on any atom is 0.186 e. The van der Waals surface area contributed by atoms with Crippen LogP contribution in [0.1, 0.15) is 52.9 Å². The van der Waals surface area contributed by atoms with E-state index in [1.54, 1.807) is 5.57 Å². The summed E-state index contributed by atoms with van der Waals surface area (Å²) in [7, 11) is 0. The number of ether oxygens (including phenoxy) is 2. The van der Waals surface area contributed by atoms with Gasteiger partial charge in [-0.1, -0.05) is 60.5 Å². The van der Waals surface area contributed by atoms with Crippen molar-refractivity contribution in [3.8, 4) is 0 Å². The van der Waals surface area contributed by atoms with E-state index in [2.05, 4.69) is 54.9 Å². The maximum absolute atomic E-state index is 6.31. The van der Waals surface area contributed by atoms with Crippen molar-refractivity contribution in [2.45, 2.75) is 63.5 Å². The van der Waals surface area contributed by atoms with Crippen LogP contribution in [0.25, 0.3) is 0 Å². The van der Waals surface area contributed by atoms with Gasteiger partial charge in [-0.05, 0) is 55.8 Å². The quantitative estimate of drug-likeness (QED) is 0.391. The predicted molar refractivity (Wildman–Crippen MR) is 104 cm³/mol. The number of hydrogen-bond acceptors (Lipinski definition) is 2. The molecule has 0 amide bonds. The third kappa shape index (κ3) is 2.04. The summed E-state index contributed by atoms with van der Waals surface area (Å²) in [5.74, 6) is 2.55. The first-order valence-corrected chi connectivity index (χ1v) is 11.1. The Bertz CT molecular complexity index is 634. The lowest BCUT2D eigenvalue weighted by Crippen LogP contribution is -2.56. The largest absolute Gasteiger partial charge is 0.346 e. The number of halogens is 1. The zero-order valence-corrected chi connectivity index (χ0v) is 17.3. The molecule has 5 unspecified atom stereocenters. The third-order valence-corrected chi connectivity index (χ3v) is 9.60. The van der Waals surface area contributed by atoms with Gasteiger partial charge < -0.3 is 9.47 Å². The molecule has 2 nitrogen and oxygen atoms in total. The normalized spacial score (nSPS) is 53.3.